The Labute approximate surface area is 139 Å². The molecule has 6 heteroatoms. The number of aromatic nitrogens is 1. The molecule has 3 rings (SSSR count). The van der Waals surface area contributed by atoms with Crippen LogP contribution in [0.25, 0.3) is 22.4 Å². The number of hydrogen-bond donors (Lipinski definition) is 1. The van der Waals surface area contributed by atoms with E-state index in [4.69, 9.17) is 21.9 Å². The van der Waals surface area contributed by atoms with Crippen LogP contribution in [0.15, 0.2) is 47.0 Å². The lowest BCUT2D eigenvalue weighted by atomic mass is 10.0. The number of halogens is 3. The lowest BCUT2D eigenvalue weighted by Gasteiger charge is -2.05. The molecule has 0 bridgehead atoms. The average molecular weight is 415 g/mol. The summed E-state index contributed by atoms with van der Waals surface area (Å²) in [4.78, 5) is 0. The number of anilines is 1. The van der Waals surface area contributed by atoms with Crippen molar-refractivity contribution in [3.05, 3.63) is 56.9 Å². The van der Waals surface area contributed by atoms with Crippen LogP contribution < -0.4 is 5.73 Å². The quantitative estimate of drug-likeness (QED) is 0.601. The zero-order chi connectivity index (χ0) is 15.0. The predicted molar refractivity (Wildman–Crippen MR) is 89.5 cm³/mol. The molecule has 3 aromatic rings. The zero-order valence-electron chi connectivity index (χ0n) is 10.6. The van der Waals surface area contributed by atoms with Gasteiger partial charge < -0.3 is 10.3 Å². The maximum Gasteiger partial charge on any atom is 0.230 e. The summed E-state index contributed by atoms with van der Waals surface area (Å²) in [5, 5.41) is 4.60. The molecule has 0 aliphatic carbocycles. The molecular formula is C15H9ClFIN2O. The van der Waals surface area contributed by atoms with Crippen LogP contribution in [-0.4, -0.2) is 5.16 Å². The van der Waals surface area contributed by atoms with Gasteiger partial charge in [0.25, 0.3) is 0 Å². The third-order valence-electron chi connectivity index (χ3n) is 3.02. The molecule has 0 fully saturated rings. The Morgan fingerprint density at radius 3 is 2.71 bits per heavy atom. The van der Waals surface area contributed by atoms with Gasteiger partial charge in [-0.05, 0) is 58.5 Å². The molecule has 21 heavy (non-hydrogen) atoms. The van der Waals surface area contributed by atoms with Gasteiger partial charge in [-0.2, -0.15) is 0 Å². The molecule has 3 nitrogen and oxygen atoms in total. The lowest BCUT2D eigenvalue weighted by molar-refractivity contribution is 0.439. The van der Waals surface area contributed by atoms with Crippen molar-refractivity contribution in [1.29, 1.82) is 0 Å². The zero-order valence-corrected chi connectivity index (χ0v) is 13.5. The first-order chi connectivity index (χ1) is 10.1. The molecule has 106 valence electrons. The molecule has 0 saturated carbocycles. The van der Waals surface area contributed by atoms with E-state index in [-0.39, 0.29) is 11.7 Å². The van der Waals surface area contributed by atoms with Gasteiger partial charge in [0.1, 0.15) is 11.5 Å². The fraction of sp³-hybridized carbons (Fsp3) is 0. The van der Waals surface area contributed by atoms with Gasteiger partial charge in [0.15, 0.2) is 0 Å². The molecule has 0 atom stereocenters. The van der Waals surface area contributed by atoms with Gasteiger partial charge in [0.2, 0.25) is 5.88 Å². The second-order valence-electron chi connectivity index (χ2n) is 4.40. The van der Waals surface area contributed by atoms with E-state index in [1.165, 1.54) is 12.1 Å². The van der Waals surface area contributed by atoms with Gasteiger partial charge in [0, 0.05) is 14.2 Å². The number of rotatable bonds is 2. The Morgan fingerprint density at radius 2 is 2.00 bits per heavy atom. The van der Waals surface area contributed by atoms with Gasteiger partial charge in [-0.15, -0.1) is 0 Å². The summed E-state index contributed by atoms with van der Waals surface area (Å²) in [5.74, 6) is -0.101. The number of nitrogen functional groups attached to an aromatic ring is 1. The fourth-order valence-electron chi connectivity index (χ4n) is 2.09. The van der Waals surface area contributed by atoms with Gasteiger partial charge in [0.05, 0.1) is 5.56 Å². The Balaban J connectivity index is 2.22. The van der Waals surface area contributed by atoms with Crippen LogP contribution in [0, 0.1) is 9.39 Å². The summed E-state index contributed by atoms with van der Waals surface area (Å²) >= 11 is 8.07. The average Bonchev–Trinajstić information content (AvgIpc) is 2.80. The van der Waals surface area contributed by atoms with E-state index in [0.29, 0.717) is 16.3 Å². The summed E-state index contributed by atoms with van der Waals surface area (Å²) < 4.78 is 19.1. The minimum atomic E-state index is -0.302. The molecule has 0 unspecified atom stereocenters. The van der Waals surface area contributed by atoms with Crippen molar-refractivity contribution in [3.8, 4) is 22.4 Å². The molecule has 0 amide bonds. The summed E-state index contributed by atoms with van der Waals surface area (Å²) in [5.41, 5.74) is 8.67. The maximum atomic E-state index is 13.3. The standard InChI is InChI=1S/C15H9ClFIN2O/c16-9-3-1-2-8(6-9)13-14(20-21-15(13)19)11-5-4-10(17)7-12(11)18/h1-7H,19H2. The molecule has 0 aliphatic heterocycles. The molecule has 0 saturated heterocycles. The van der Waals surface area contributed by atoms with Crippen LogP contribution in [-0.2, 0) is 0 Å². The van der Waals surface area contributed by atoms with Crippen molar-refractivity contribution in [2.45, 2.75) is 0 Å². The van der Waals surface area contributed by atoms with E-state index in [1.54, 1.807) is 18.2 Å². The van der Waals surface area contributed by atoms with Crippen LogP contribution in [0.3, 0.4) is 0 Å². The van der Waals surface area contributed by atoms with Gasteiger partial charge in [-0.25, -0.2) is 4.39 Å². The van der Waals surface area contributed by atoms with E-state index in [1.807, 2.05) is 12.1 Å². The first-order valence-electron chi connectivity index (χ1n) is 6.03. The first kappa shape index (κ1) is 14.3. The van der Waals surface area contributed by atoms with Crippen LogP contribution in [0.1, 0.15) is 0 Å². The summed E-state index contributed by atoms with van der Waals surface area (Å²) in [6.07, 6.45) is 0. The van der Waals surface area contributed by atoms with Crippen molar-refractivity contribution >= 4 is 40.1 Å². The van der Waals surface area contributed by atoms with Gasteiger partial charge in [-0.1, -0.05) is 28.9 Å². The highest BCUT2D eigenvalue weighted by atomic mass is 127. The van der Waals surface area contributed by atoms with Crippen LogP contribution in [0.4, 0.5) is 10.3 Å². The van der Waals surface area contributed by atoms with E-state index in [0.717, 1.165) is 14.7 Å². The normalized spacial score (nSPS) is 10.8. The van der Waals surface area contributed by atoms with Crippen LogP contribution >= 0.6 is 34.2 Å². The number of hydrogen-bond acceptors (Lipinski definition) is 3. The highest BCUT2D eigenvalue weighted by Gasteiger charge is 2.19. The Bertz CT molecular complexity index is 819. The highest BCUT2D eigenvalue weighted by Crippen LogP contribution is 2.38. The number of nitrogens with zero attached hydrogens (tertiary/aromatic N) is 1. The molecule has 0 spiro atoms. The molecule has 0 aliphatic rings. The fourth-order valence-corrected chi connectivity index (χ4v) is 3.01. The second kappa shape index (κ2) is 5.65. The Morgan fingerprint density at radius 1 is 1.19 bits per heavy atom. The summed E-state index contributed by atoms with van der Waals surface area (Å²) in [6.45, 7) is 0. The van der Waals surface area contributed by atoms with Crippen molar-refractivity contribution in [2.24, 2.45) is 0 Å². The Hall–Kier alpha value is -1.60. The van der Waals surface area contributed by atoms with Crippen molar-refractivity contribution in [1.82, 2.24) is 5.16 Å². The van der Waals surface area contributed by atoms with E-state index < -0.39 is 0 Å². The van der Waals surface area contributed by atoms with Gasteiger partial charge in [-0.3, -0.25) is 0 Å². The monoisotopic (exact) mass is 414 g/mol. The van der Waals surface area contributed by atoms with Gasteiger partial charge >= 0.3 is 0 Å². The SMILES string of the molecule is Nc1onc(-c2ccc(F)cc2I)c1-c1cccc(Cl)c1. The van der Waals surface area contributed by atoms with Crippen molar-refractivity contribution < 1.29 is 8.91 Å². The lowest BCUT2D eigenvalue weighted by Crippen LogP contribution is -1.90. The van der Waals surface area contributed by atoms with Crippen molar-refractivity contribution in [2.75, 3.05) is 5.73 Å². The molecule has 1 aromatic heterocycles. The van der Waals surface area contributed by atoms with Crippen LogP contribution in [0.2, 0.25) is 5.02 Å². The molecular weight excluding hydrogens is 406 g/mol. The molecule has 0 radical (unpaired) electrons. The number of benzene rings is 2. The third kappa shape index (κ3) is 2.75. The van der Waals surface area contributed by atoms with Crippen LogP contribution in [0.5, 0.6) is 0 Å². The highest BCUT2D eigenvalue weighted by molar-refractivity contribution is 14.1. The van der Waals surface area contributed by atoms with Crippen molar-refractivity contribution in [3.63, 3.8) is 0 Å². The predicted octanol–water partition coefficient (Wildman–Crippen LogP) is 4.99. The smallest absolute Gasteiger partial charge is 0.230 e. The molecule has 2 N–H and O–H groups in total. The van der Waals surface area contributed by atoms with E-state index >= 15 is 0 Å². The minimum absolute atomic E-state index is 0.201. The number of nitrogens with two attached hydrogens (primary N) is 1. The largest absolute Gasteiger partial charge is 0.367 e. The third-order valence-corrected chi connectivity index (χ3v) is 4.15. The van der Waals surface area contributed by atoms with E-state index in [2.05, 4.69) is 27.7 Å². The topological polar surface area (TPSA) is 52.0 Å². The molecule has 1 heterocycles. The Kier molecular flexibility index (Phi) is 3.86. The minimum Gasteiger partial charge on any atom is -0.367 e. The molecule has 2 aromatic carbocycles. The van der Waals surface area contributed by atoms with E-state index in [9.17, 15) is 4.39 Å². The maximum absolute atomic E-state index is 13.3. The second-order valence-corrected chi connectivity index (χ2v) is 6.00. The summed E-state index contributed by atoms with van der Waals surface area (Å²) in [7, 11) is 0. The summed E-state index contributed by atoms with van der Waals surface area (Å²) in [6, 6.07) is 11.7. The first-order valence-corrected chi connectivity index (χ1v) is 7.48.